The largest absolute Gasteiger partial charge is 0.491 e. The summed E-state index contributed by atoms with van der Waals surface area (Å²) in [6.07, 6.45) is 4.01. The Morgan fingerprint density at radius 2 is 2.00 bits per heavy atom. The summed E-state index contributed by atoms with van der Waals surface area (Å²) in [5.41, 5.74) is 1.15. The standard InChI is InChI=1S/C11H14O2/c1-2-3-10-4-6-11(7-5-10)13-9-8-12/h2-7,12H,8-9H2,1H3. The van der Waals surface area contributed by atoms with Crippen molar-refractivity contribution in [2.75, 3.05) is 13.2 Å². The molecule has 70 valence electrons. The minimum absolute atomic E-state index is 0.0522. The number of ether oxygens (including phenoxy) is 1. The molecule has 0 radical (unpaired) electrons. The van der Waals surface area contributed by atoms with Crippen molar-refractivity contribution in [1.29, 1.82) is 0 Å². The van der Waals surface area contributed by atoms with Crippen molar-refractivity contribution < 1.29 is 9.84 Å². The van der Waals surface area contributed by atoms with Crippen molar-refractivity contribution in [2.24, 2.45) is 0 Å². The van der Waals surface area contributed by atoms with E-state index < -0.39 is 0 Å². The van der Waals surface area contributed by atoms with Crippen LogP contribution < -0.4 is 4.74 Å². The molecule has 0 heterocycles. The zero-order chi connectivity index (χ0) is 9.52. The predicted molar refractivity (Wildman–Crippen MR) is 53.7 cm³/mol. The van der Waals surface area contributed by atoms with Gasteiger partial charge in [0.15, 0.2) is 0 Å². The summed E-state index contributed by atoms with van der Waals surface area (Å²) in [4.78, 5) is 0. The highest BCUT2D eigenvalue weighted by molar-refractivity contribution is 5.50. The summed E-state index contributed by atoms with van der Waals surface area (Å²) < 4.78 is 5.21. The van der Waals surface area contributed by atoms with E-state index in [1.165, 1.54) is 0 Å². The van der Waals surface area contributed by atoms with E-state index in [-0.39, 0.29) is 6.61 Å². The van der Waals surface area contributed by atoms with Gasteiger partial charge in [-0.3, -0.25) is 0 Å². The van der Waals surface area contributed by atoms with Crippen LogP contribution in [0.5, 0.6) is 5.75 Å². The third-order valence-electron chi connectivity index (χ3n) is 1.60. The summed E-state index contributed by atoms with van der Waals surface area (Å²) in [5, 5.41) is 8.53. The van der Waals surface area contributed by atoms with Crippen LogP contribution in [0, 0.1) is 0 Å². The lowest BCUT2D eigenvalue weighted by molar-refractivity contribution is 0.201. The van der Waals surface area contributed by atoms with E-state index in [0.29, 0.717) is 6.61 Å². The highest BCUT2D eigenvalue weighted by atomic mass is 16.5. The normalized spacial score (nSPS) is 10.6. The second-order valence-corrected chi connectivity index (χ2v) is 2.64. The molecule has 2 nitrogen and oxygen atoms in total. The third-order valence-corrected chi connectivity index (χ3v) is 1.60. The van der Waals surface area contributed by atoms with E-state index in [1.54, 1.807) is 0 Å². The van der Waals surface area contributed by atoms with Crippen LogP contribution in [0.4, 0.5) is 0 Å². The van der Waals surface area contributed by atoms with E-state index in [0.717, 1.165) is 11.3 Å². The number of hydrogen-bond donors (Lipinski definition) is 1. The number of rotatable bonds is 4. The Bertz CT molecular complexity index is 262. The van der Waals surface area contributed by atoms with Gasteiger partial charge in [0.2, 0.25) is 0 Å². The SMILES string of the molecule is CC=Cc1ccc(OCCO)cc1. The number of benzene rings is 1. The summed E-state index contributed by atoms with van der Waals surface area (Å²) in [6.45, 7) is 2.38. The van der Waals surface area contributed by atoms with Gasteiger partial charge in [0.05, 0.1) is 6.61 Å². The maximum atomic E-state index is 8.53. The molecule has 0 aromatic heterocycles. The molecular weight excluding hydrogens is 164 g/mol. The zero-order valence-electron chi connectivity index (χ0n) is 7.73. The zero-order valence-corrected chi connectivity index (χ0v) is 7.73. The molecular formula is C11H14O2. The van der Waals surface area contributed by atoms with Crippen molar-refractivity contribution >= 4 is 6.08 Å². The lowest BCUT2D eigenvalue weighted by atomic mass is 10.2. The molecule has 13 heavy (non-hydrogen) atoms. The first-order chi connectivity index (χ1) is 6.36. The van der Waals surface area contributed by atoms with Crippen LogP contribution in [0.25, 0.3) is 6.08 Å². The smallest absolute Gasteiger partial charge is 0.119 e. The van der Waals surface area contributed by atoms with Crippen LogP contribution in [0.1, 0.15) is 12.5 Å². The van der Waals surface area contributed by atoms with Crippen LogP contribution in [-0.4, -0.2) is 18.3 Å². The van der Waals surface area contributed by atoms with Crippen molar-refractivity contribution in [3.63, 3.8) is 0 Å². The Balaban J connectivity index is 2.58. The average molecular weight is 178 g/mol. The maximum absolute atomic E-state index is 8.53. The fourth-order valence-electron chi connectivity index (χ4n) is 1.03. The molecule has 0 unspecified atom stereocenters. The van der Waals surface area contributed by atoms with Gasteiger partial charge in [-0.25, -0.2) is 0 Å². The van der Waals surface area contributed by atoms with Gasteiger partial charge in [0, 0.05) is 0 Å². The van der Waals surface area contributed by atoms with Gasteiger partial charge in [0.1, 0.15) is 12.4 Å². The van der Waals surface area contributed by atoms with E-state index in [1.807, 2.05) is 43.3 Å². The first-order valence-electron chi connectivity index (χ1n) is 4.33. The van der Waals surface area contributed by atoms with Crippen LogP contribution in [0.15, 0.2) is 30.3 Å². The fraction of sp³-hybridized carbons (Fsp3) is 0.273. The highest BCUT2D eigenvalue weighted by Crippen LogP contribution is 2.12. The quantitative estimate of drug-likeness (QED) is 0.765. The van der Waals surface area contributed by atoms with Gasteiger partial charge in [-0.15, -0.1) is 0 Å². The molecule has 0 saturated carbocycles. The van der Waals surface area contributed by atoms with Crippen LogP contribution in [-0.2, 0) is 0 Å². The lowest BCUT2D eigenvalue weighted by Gasteiger charge is -2.03. The number of aliphatic hydroxyl groups is 1. The van der Waals surface area contributed by atoms with Gasteiger partial charge in [0.25, 0.3) is 0 Å². The minimum atomic E-state index is 0.0522. The average Bonchev–Trinajstić information content (AvgIpc) is 2.17. The lowest BCUT2D eigenvalue weighted by Crippen LogP contribution is -2.01. The highest BCUT2D eigenvalue weighted by Gasteiger charge is 1.91. The molecule has 1 rings (SSSR count). The van der Waals surface area contributed by atoms with Crippen molar-refractivity contribution in [3.8, 4) is 5.75 Å². The second kappa shape index (κ2) is 5.38. The molecule has 0 saturated heterocycles. The Labute approximate surface area is 78.5 Å². The topological polar surface area (TPSA) is 29.5 Å². The van der Waals surface area contributed by atoms with E-state index in [4.69, 9.17) is 9.84 Å². The van der Waals surface area contributed by atoms with Crippen LogP contribution >= 0.6 is 0 Å². The Morgan fingerprint density at radius 3 is 2.54 bits per heavy atom. The molecule has 0 aliphatic carbocycles. The fourth-order valence-corrected chi connectivity index (χ4v) is 1.03. The van der Waals surface area contributed by atoms with E-state index in [2.05, 4.69) is 0 Å². The van der Waals surface area contributed by atoms with E-state index in [9.17, 15) is 0 Å². The number of hydrogen-bond acceptors (Lipinski definition) is 2. The first-order valence-corrected chi connectivity index (χ1v) is 4.33. The molecule has 0 atom stereocenters. The molecule has 1 aromatic carbocycles. The molecule has 2 heteroatoms. The van der Waals surface area contributed by atoms with Crippen LogP contribution in [0.3, 0.4) is 0 Å². The summed E-state index contributed by atoms with van der Waals surface area (Å²) in [6, 6.07) is 7.75. The van der Waals surface area contributed by atoms with Gasteiger partial charge in [-0.1, -0.05) is 24.3 Å². The number of aliphatic hydroxyl groups excluding tert-OH is 1. The van der Waals surface area contributed by atoms with Crippen molar-refractivity contribution in [1.82, 2.24) is 0 Å². The van der Waals surface area contributed by atoms with Crippen LogP contribution in [0.2, 0.25) is 0 Å². The van der Waals surface area contributed by atoms with E-state index >= 15 is 0 Å². The summed E-state index contributed by atoms with van der Waals surface area (Å²) in [7, 11) is 0. The molecule has 0 aliphatic rings. The molecule has 1 N–H and O–H groups in total. The Hall–Kier alpha value is -1.28. The number of allylic oxidation sites excluding steroid dienone is 1. The monoisotopic (exact) mass is 178 g/mol. The maximum Gasteiger partial charge on any atom is 0.119 e. The second-order valence-electron chi connectivity index (χ2n) is 2.64. The Kier molecular flexibility index (Phi) is 4.06. The van der Waals surface area contributed by atoms with Gasteiger partial charge in [-0.05, 0) is 24.6 Å². The molecule has 1 aromatic rings. The molecule has 0 amide bonds. The first kappa shape index (κ1) is 9.81. The van der Waals surface area contributed by atoms with Gasteiger partial charge >= 0.3 is 0 Å². The predicted octanol–water partition coefficient (Wildman–Crippen LogP) is 2.09. The molecule has 0 bridgehead atoms. The molecule has 0 fully saturated rings. The van der Waals surface area contributed by atoms with Gasteiger partial charge in [-0.2, -0.15) is 0 Å². The summed E-state index contributed by atoms with van der Waals surface area (Å²) >= 11 is 0. The molecule has 0 aliphatic heterocycles. The van der Waals surface area contributed by atoms with Gasteiger partial charge < -0.3 is 9.84 Å². The molecule has 0 spiro atoms. The third kappa shape index (κ3) is 3.30. The summed E-state index contributed by atoms with van der Waals surface area (Å²) in [5.74, 6) is 0.794. The van der Waals surface area contributed by atoms with Crippen molar-refractivity contribution in [2.45, 2.75) is 6.92 Å². The van der Waals surface area contributed by atoms with Crippen molar-refractivity contribution in [3.05, 3.63) is 35.9 Å². The minimum Gasteiger partial charge on any atom is -0.491 e. The Morgan fingerprint density at radius 1 is 1.31 bits per heavy atom.